The van der Waals surface area contributed by atoms with Gasteiger partial charge in [0, 0.05) is 17.2 Å². The summed E-state index contributed by atoms with van der Waals surface area (Å²) >= 11 is 5.72. The molecule has 0 atom stereocenters. The zero-order chi connectivity index (χ0) is 17.5. The first-order chi connectivity index (χ1) is 11.5. The lowest BCUT2D eigenvalue weighted by molar-refractivity contribution is -0.385. The maximum Gasteiger partial charge on any atom is 0.283 e. The lowest BCUT2D eigenvalue weighted by Crippen LogP contribution is -2.28. The van der Waals surface area contributed by atoms with Crippen molar-refractivity contribution in [2.24, 2.45) is 0 Å². The third-order valence-corrected chi connectivity index (χ3v) is 3.33. The molecule has 0 saturated carbocycles. The summed E-state index contributed by atoms with van der Waals surface area (Å²) in [4.78, 5) is 22.4. The lowest BCUT2D eigenvalue weighted by atomic mass is 10.1. The van der Waals surface area contributed by atoms with Gasteiger partial charge >= 0.3 is 0 Å². The number of methoxy groups -OCH3 is 1. The molecule has 1 amide bonds. The molecule has 2 aromatic rings. The molecule has 126 valence electrons. The molecule has 7 nitrogen and oxygen atoms in total. The van der Waals surface area contributed by atoms with Crippen LogP contribution < -0.4 is 14.8 Å². The van der Waals surface area contributed by atoms with Gasteiger partial charge in [0.25, 0.3) is 11.6 Å². The van der Waals surface area contributed by atoms with E-state index in [-0.39, 0.29) is 29.4 Å². The monoisotopic (exact) mass is 350 g/mol. The van der Waals surface area contributed by atoms with Gasteiger partial charge in [-0.25, -0.2) is 0 Å². The van der Waals surface area contributed by atoms with Crippen LogP contribution in [0.15, 0.2) is 42.5 Å². The predicted molar refractivity (Wildman–Crippen MR) is 88.9 cm³/mol. The van der Waals surface area contributed by atoms with Crippen LogP contribution in [0.1, 0.15) is 10.4 Å². The molecule has 0 heterocycles. The summed E-state index contributed by atoms with van der Waals surface area (Å²) in [5, 5.41) is 13.7. The average Bonchev–Trinajstić information content (AvgIpc) is 2.58. The van der Waals surface area contributed by atoms with Crippen molar-refractivity contribution in [3.8, 4) is 11.5 Å². The molecule has 0 aromatic heterocycles. The summed E-state index contributed by atoms with van der Waals surface area (Å²) in [6.07, 6.45) is 0. The summed E-state index contributed by atoms with van der Waals surface area (Å²) in [5.41, 5.74) is -0.389. The van der Waals surface area contributed by atoms with Crippen molar-refractivity contribution in [2.45, 2.75) is 0 Å². The number of hydrogen-bond donors (Lipinski definition) is 1. The molecule has 0 aliphatic rings. The van der Waals surface area contributed by atoms with Crippen LogP contribution in [0.5, 0.6) is 11.5 Å². The number of nitrogens with zero attached hydrogens (tertiary/aromatic N) is 1. The first kappa shape index (κ1) is 17.6. The van der Waals surface area contributed by atoms with Crippen molar-refractivity contribution in [3.05, 3.63) is 63.2 Å². The van der Waals surface area contributed by atoms with Gasteiger partial charge in [-0.3, -0.25) is 14.9 Å². The Morgan fingerprint density at radius 1 is 1.25 bits per heavy atom. The maximum absolute atomic E-state index is 12.1. The number of benzene rings is 2. The van der Waals surface area contributed by atoms with Crippen molar-refractivity contribution in [1.82, 2.24) is 5.32 Å². The standard InChI is InChI=1S/C16H15ClN2O5/c1-23-12-3-2-4-13(10-12)24-8-7-18-16(20)14-6-5-11(17)9-15(14)19(21)22/h2-6,9-10H,7-8H2,1H3,(H,18,20). The normalized spacial score (nSPS) is 10.1. The number of rotatable bonds is 7. The minimum Gasteiger partial charge on any atom is -0.497 e. The van der Waals surface area contributed by atoms with Gasteiger partial charge < -0.3 is 14.8 Å². The van der Waals surface area contributed by atoms with Gasteiger partial charge in [0.05, 0.1) is 18.6 Å². The van der Waals surface area contributed by atoms with Gasteiger partial charge in [-0.05, 0) is 24.3 Å². The van der Waals surface area contributed by atoms with Crippen LogP contribution in [0.4, 0.5) is 5.69 Å². The van der Waals surface area contributed by atoms with Crippen molar-refractivity contribution in [3.63, 3.8) is 0 Å². The molecule has 0 aliphatic heterocycles. The second-order valence-corrected chi connectivity index (χ2v) is 5.14. The molecule has 0 saturated heterocycles. The summed E-state index contributed by atoms with van der Waals surface area (Å²) in [6.45, 7) is 0.399. The number of halogens is 1. The lowest BCUT2D eigenvalue weighted by Gasteiger charge is -2.09. The first-order valence-corrected chi connectivity index (χ1v) is 7.38. The number of nitro groups is 1. The highest BCUT2D eigenvalue weighted by Crippen LogP contribution is 2.23. The zero-order valence-corrected chi connectivity index (χ0v) is 13.6. The fraction of sp³-hybridized carbons (Fsp3) is 0.188. The molecule has 0 bridgehead atoms. The fourth-order valence-electron chi connectivity index (χ4n) is 1.97. The summed E-state index contributed by atoms with van der Waals surface area (Å²) in [6, 6.07) is 10.9. The Morgan fingerprint density at radius 2 is 2.00 bits per heavy atom. The smallest absolute Gasteiger partial charge is 0.283 e. The SMILES string of the molecule is COc1cccc(OCCNC(=O)c2ccc(Cl)cc2[N+](=O)[O-])c1. The Morgan fingerprint density at radius 3 is 2.71 bits per heavy atom. The van der Waals surface area contributed by atoms with Gasteiger partial charge in [-0.15, -0.1) is 0 Å². The third kappa shape index (κ3) is 4.60. The van der Waals surface area contributed by atoms with E-state index in [0.717, 1.165) is 6.07 Å². The van der Waals surface area contributed by atoms with Crippen molar-refractivity contribution in [1.29, 1.82) is 0 Å². The van der Waals surface area contributed by atoms with Crippen LogP contribution in [0, 0.1) is 10.1 Å². The molecule has 2 rings (SSSR count). The van der Waals surface area contributed by atoms with Crippen molar-refractivity contribution < 1.29 is 19.2 Å². The highest BCUT2D eigenvalue weighted by atomic mass is 35.5. The van der Waals surface area contributed by atoms with E-state index in [4.69, 9.17) is 21.1 Å². The van der Waals surface area contributed by atoms with Crippen molar-refractivity contribution in [2.75, 3.05) is 20.3 Å². The number of nitro benzene ring substituents is 1. The maximum atomic E-state index is 12.1. The van der Waals surface area contributed by atoms with E-state index in [2.05, 4.69) is 5.32 Å². The number of nitrogens with one attached hydrogen (secondary N) is 1. The van der Waals surface area contributed by atoms with E-state index in [1.165, 1.54) is 12.1 Å². The van der Waals surface area contributed by atoms with E-state index in [0.29, 0.717) is 11.5 Å². The van der Waals surface area contributed by atoms with Crippen LogP contribution in [0.25, 0.3) is 0 Å². The Hall–Kier alpha value is -2.80. The van der Waals surface area contributed by atoms with Gasteiger partial charge in [0.15, 0.2) is 0 Å². The van der Waals surface area contributed by atoms with Gasteiger partial charge in [0.1, 0.15) is 23.7 Å². The van der Waals surface area contributed by atoms with E-state index in [1.54, 1.807) is 31.4 Å². The summed E-state index contributed by atoms with van der Waals surface area (Å²) in [7, 11) is 1.55. The van der Waals surface area contributed by atoms with Crippen LogP contribution in [0.3, 0.4) is 0 Å². The Bertz CT molecular complexity index is 751. The molecule has 2 aromatic carbocycles. The fourth-order valence-corrected chi connectivity index (χ4v) is 2.13. The minimum atomic E-state index is -0.645. The minimum absolute atomic E-state index is 0.0502. The third-order valence-electron chi connectivity index (χ3n) is 3.10. The molecule has 0 fully saturated rings. The highest BCUT2D eigenvalue weighted by Gasteiger charge is 2.20. The largest absolute Gasteiger partial charge is 0.497 e. The van der Waals surface area contributed by atoms with Crippen molar-refractivity contribution >= 4 is 23.2 Å². The van der Waals surface area contributed by atoms with E-state index in [9.17, 15) is 14.9 Å². The Labute approximate surface area is 143 Å². The van der Waals surface area contributed by atoms with E-state index in [1.807, 2.05) is 0 Å². The van der Waals surface area contributed by atoms with Crippen LogP contribution >= 0.6 is 11.6 Å². The summed E-state index contributed by atoms with van der Waals surface area (Å²) < 4.78 is 10.6. The Kier molecular flexibility index (Phi) is 5.97. The van der Waals surface area contributed by atoms with Crippen LogP contribution in [0.2, 0.25) is 5.02 Å². The molecule has 1 N–H and O–H groups in total. The highest BCUT2D eigenvalue weighted by molar-refractivity contribution is 6.31. The Balaban J connectivity index is 1.90. The first-order valence-electron chi connectivity index (χ1n) is 7.00. The zero-order valence-electron chi connectivity index (χ0n) is 12.8. The molecular weight excluding hydrogens is 336 g/mol. The predicted octanol–water partition coefficient (Wildman–Crippen LogP) is 3.07. The molecule has 0 radical (unpaired) electrons. The molecule has 0 spiro atoms. The summed E-state index contributed by atoms with van der Waals surface area (Å²) in [5.74, 6) is 0.696. The van der Waals surface area contributed by atoms with Gasteiger partial charge in [-0.2, -0.15) is 0 Å². The number of carbonyl (C=O) groups is 1. The number of ether oxygens (including phenoxy) is 2. The van der Waals surface area contributed by atoms with Gasteiger partial charge in [-0.1, -0.05) is 17.7 Å². The number of carbonyl (C=O) groups excluding carboxylic acids is 1. The molecule has 8 heteroatoms. The molecule has 24 heavy (non-hydrogen) atoms. The topological polar surface area (TPSA) is 90.7 Å². The molecular formula is C16H15ClN2O5. The molecule has 0 unspecified atom stereocenters. The van der Waals surface area contributed by atoms with E-state index >= 15 is 0 Å². The molecule has 0 aliphatic carbocycles. The quantitative estimate of drug-likeness (QED) is 0.471. The average molecular weight is 351 g/mol. The van der Waals surface area contributed by atoms with E-state index < -0.39 is 10.8 Å². The van der Waals surface area contributed by atoms with Crippen LogP contribution in [-0.2, 0) is 0 Å². The number of hydrogen-bond acceptors (Lipinski definition) is 5. The van der Waals surface area contributed by atoms with Crippen LogP contribution in [-0.4, -0.2) is 31.1 Å². The second kappa shape index (κ2) is 8.16. The second-order valence-electron chi connectivity index (χ2n) is 4.70. The number of amides is 1. The van der Waals surface area contributed by atoms with Gasteiger partial charge in [0.2, 0.25) is 0 Å².